The average Bonchev–Trinajstić information content (AvgIpc) is 3.01. The molecule has 3 aromatic rings. The van der Waals surface area contributed by atoms with Crippen molar-refractivity contribution in [2.24, 2.45) is 7.05 Å². The quantitative estimate of drug-likeness (QED) is 0.654. The van der Waals surface area contributed by atoms with Crippen molar-refractivity contribution in [1.82, 2.24) is 9.36 Å². The summed E-state index contributed by atoms with van der Waals surface area (Å²) in [5.41, 5.74) is 1.08. The van der Waals surface area contributed by atoms with Crippen LogP contribution < -0.4 is 10.5 Å². The van der Waals surface area contributed by atoms with Crippen molar-refractivity contribution in [3.8, 4) is 5.69 Å². The van der Waals surface area contributed by atoms with Crippen LogP contribution in [0.1, 0.15) is 26.4 Å². The van der Waals surface area contributed by atoms with Crippen LogP contribution in [-0.2, 0) is 7.05 Å². The molecular formula is C19H14ClN3O3. The molecule has 0 atom stereocenters. The Labute approximate surface area is 153 Å². The number of halogens is 1. The summed E-state index contributed by atoms with van der Waals surface area (Å²) < 4.78 is 3.05. The van der Waals surface area contributed by atoms with E-state index in [0.717, 1.165) is 4.90 Å². The van der Waals surface area contributed by atoms with Crippen LogP contribution in [0.2, 0.25) is 5.02 Å². The number of carbonyl (C=O) groups excluding carboxylic acids is 2. The van der Waals surface area contributed by atoms with Crippen molar-refractivity contribution < 1.29 is 9.59 Å². The first-order valence-corrected chi connectivity index (χ1v) is 8.32. The van der Waals surface area contributed by atoms with Crippen molar-refractivity contribution in [1.29, 1.82) is 0 Å². The molecule has 0 saturated heterocycles. The van der Waals surface area contributed by atoms with Crippen LogP contribution in [0, 0.1) is 6.92 Å². The molecule has 130 valence electrons. The highest BCUT2D eigenvalue weighted by molar-refractivity contribution is 6.42. The van der Waals surface area contributed by atoms with Gasteiger partial charge in [-0.2, -0.15) is 0 Å². The van der Waals surface area contributed by atoms with Gasteiger partial charge in [-0.25, -0.2) is 9.58 Å². The number of benzene rings is 2. The molecular weight excluding hydrogens is 354 g/mol. The van der Waals surface area contributed by atoms with Crippen molar-refractivity contribution in [2.45, 2.75) is 6.92 Å². The second-order valence-electron chi connectivity index (χ2n) is 6.02. The Morgan fingerprint density at radius 2 is 1.58 bits per heavy atom. The lowest BCUT2D eigenvalue weighted by Crippen LogP contribution is -2.34. The minimum Gasteiger partial charge on any atom is -0.283 e. The molecule has 6 nitrogen and oxygen atoms in total. The topological polar surface area (TPSA) is 64.3 Å². The third-order valence-electron chi connectivity index (χ3n) is 4.61. The molecule has 2 amide bonds. The number of para-hydroxylation sites is 1. The Kier molecular flexibility index (Phi) is 3.59. The van der Waals surface area contributed by atoms with Crippen LogP contribution in [0.3, 0.4) is 0 Å². The normalized spacial score (nSPS) is 13.4. The number of carbonyl (C=O) groups is 2. The molecule has 0 unspecified atom stereocenters. The van der Waals surface area contributed by atoms with Crippen molar-refractivity contribution in [3.63, 3.8) is 0 Å². The molecule has 1 aromatic heterocycles. The fourth-order valence-electron chi connectivity index (χ4n) is 3.26. The van der Waals surface area contributed by atoms with E-state index in [0.29, 0.717) is 11.4 Å². The van der Waals surface area contributed by atoms with E-state index >= 15 is 0 Å². The fraction of sp³-hybridized carbons (Fsp3) is 0.105. The molecule has 0 aliphatic carbocycles. The van der Waals surface area contributed by atoms with E-state index in [1.165, 1.54) is 10.7 Å². The van der Waals surface area contributed by atoms with Gasteiger partial charge in [0.25, 0.3) is 17.4 Å². The molecule has 0 N–H and O–H groups in total. The number of anilines is 1. The highest BCUT2D eigenvalue weighted by atomic mass is 35.5. The molecule has 1 aliphatic rings. The molecule has 0 radical (unpaired) electrons. The van der Waals surface area contributed by atoms with Gasteiger partial charge in [0, 0.05) is 7.05 Å². The van der Waals surface area contributed by atoms with E-state index in [4.69, 9.17) is 11.6 Å². The SMILES string of the molecule is Cc1c(N2C(=O)c3cccc(Cl)c3C2=O)c(=O)n(-c2ccccc2)n1C. The molecule has 0 spiro atoms. The van der Waals surface area contributed by atoms with Gasteiger partial charge in [0.05, 0.1) is 27.5 Å². The molecule has 0 fully saturated rings. The standard InChI is InChI=1S/C19H14ClN3O3/c1-11-16(19(26)23(21(11)2)12-7-4-3-5-8-12)22-17(24)13-9-6-10-14(20)15(13)18(22)25/h3-10H,1-2H3. The van der Waals surface area contributed by atoms with Gasteiger partial charge in [0.2, 0.25) is 0 Å². The summed E-state index contributed by atoms with van der Waals surface area (Å²) in [6.07, 6.45) is 0. The highest BCUT2D eigenvalue weighted by Gasteiger charge is 2.41. The maximum Gasteiger partial charge on any atom is 0.296 e. The van der Waals surface area contributed by atoms with Gasteiger partial charge < -0.3 is 0 Å². The van der Waals surface area contributed by atoms with E-state index in [1.807, 2.05) is 18.2 Å². The summed E-state index contributed by atoms with van der Waals surface area (Å²) in [6, 6.07) is 13.7. The van der Waals surface area contributed by atoms with Crippen LogP contribution in [-0.4, -0.2) is 21.2 Å². The Morgan fingerprint density at radius 1 is 0.885 bits per heavy atom. The summed E-state index contributed by atoms with van der Waals surface area (Å²) in [6.45, 7) is 1.70. The minimum absolute atomic E-state index is 0.0404. The zero-order chi connectivity index (χ0) is 18.6. The molecule has 26 heavy (non-hydrogen) atoms. The molecule has 4 rings (SSSR count). The number of hydrogen-bond donors (Lipinski definition) is 0. The minimum atomic E-state index is -0.582. The summed E-state index contributed by atoms with van der Waals surface area (Å²) in [5.74, 6) is -1.12. The molecule has 7 heteroatoms. The van der Waals surface area contributed by atoms with Gasteiger partial charge in [-0.3, -0.25) is 19.1 Å². The van der Waals surface area contributed by atoms with E-state index < -0.39 is 17.4 Å². The second kappa shape index (κ2) is 5.71. The van der Waals surface area contributed by atoms with Crippen LogP contribution >= 0.6 is 11.6 Å². The maximum absolute atomic E-state index is 13.1. The van der Waals surface area contributed by atoms with E-state index in [1.54, 1.807) is 42.9 Å². The Bertz CT molecular complexity index is 1130. The summed E-state index contributed by atoms with van der Waals surface area (Å²) in [5, 5.41) is 0.195. The fourth-order valence-corrected chi connectivity index (χ4v) is 3.51. The Hall–Kier alpha value is -3.12. The van der Waals surface area contributed by atoms with Gasteiger partial charge in [-0.15, -0.1) is 0 Å². The summed E-state index contributed by atoms with van der Waals surface area (Å²) in [4.78, 5) is 39.7. The number of hydrogen-bond acceptors (Lipinski definition) is 3. The van der Waals surface area contributed by atoms with Gasteiger partial charge >= 0.3 is 0 Å². The molecule has 0 bridgehead atoms. The molecule has 0 saturated carbocycles. The average molecular weight is 368 g/mol. The van der Waals surface area contributed by atoms with Crippen LogP contribution in [0.5, 0.6) is 0 Å². The largest absolute Gasteiger partial charge is 0.296 e. The lowest BCUT2D eigenvalue weighted by molar-refractivity contribution is 0.0925. The van der Waals surface area contributed by atoms with Gasteiger partial charge in [0.15, 0.2) is 0 Å². The zero-order valence-electron chi connectivity index (χ0n) is 14.1. The summed E-state index contributed by atoms with van der Waals surface area (Å²) in [7, 11) is 1.71. The van der Waals surface area contributed by atoms with Crippen LogP contribution in [0.25, 0.3) is 5.69 Å². The highest BCUT2D eigenvalue weighted by Crippen LogP contribution is 2.33. The number of imide groups is 1. The van der Waals surface area contributed by atoms with Crippen LogP contribution in [0.15, 0.2) is 53.3 Å². The van der Waals surface area contributed by atoms with Crippen molar-refractivity contribution in [3.05, 3.63) is 80.7 Å². The Balaban J connectivity index is 1.94. The first-order valence-electron chi connectivity index (χ1n) is 7.94. The van der Waals surface area contributed by atoms with Gasteiger partial charge in [-0.1, -0.05) is 35.9 Å². The number of fused-ring (bicyclic) bond motifs is 1. The van der Waals surface area contributed by atoms with Crippen LogP contribution in [0.4, 0.5) is 5.69 Å². The zero-order valence-corrected chi connectivity index (χ0v) is 14.8. The van der Waals surface area contributed by atoms with Gasteiger partial charge in [0.1, 0.15) is 5.69 Å². The predicted molar refractivity (Wildman–Crippen MR) is 98.3 cm³/mol. The van der Waals surface area contributed by atoms with Gasteiger partial charge in [-0.05, 0) is 31.2 Å². The van der Waals surface area contributed by atoms with E-state index in [9.17, 15) is 14.4 Å². The first kappa shape index (κ1) is 16.4. The smallest absolute Gasteiger partial charge is 0.283 e. The predicted octanol–water partition coefficient (Wildman–Crippen LogP) is 2.94. The van der Waals surface area contributed by atoms with E-state index in [2.05, 4.69) is 0 Å². The second-order valence-corrected chi connectivity index (χ2v) is 6.43. The van der Waals surface area contributed by atoms with Crippen molar-refractivity contribution in [2.75, 3.05) is 4.90 Å². The Morgan fingerprint density at radius 3 is 2.23 bits per heavy atom. The molecule has 1 aliphatic heterocycles. The lowest BCUT2D eigenvalue weighted by atomic mass is 10.1. The number of nitrogens with zero attached hydrogens (tertiary/aromatic N) is 3. The monoisotopic (exact) mass is 367 g/mol. The maximum atomic E-state index is 13.1. The lowest BCUT2D eigenvalue weighted by Gasteiger charge is -2.11. The number of aromatic nitrogens is 2. The third-order valence-corrected chi connectivity index (χ3v) is 4.93. The third kappa shape index (κ3) is 2.09. The molecule has 2 aromatic carbocycles. The summed E-state index contributed by atoms with van der Waals surface area (Å²) >= 11 is 6.11. The number of amides is 2. The van der Waals surface area contributed by atoms with E-state index in [-0.39, 0.29) is 21.8 Å². The molecule has 2 heterocycles. The van der Waals surface area contributed by atoms with Crippen molar-refractivity contribution >= 4 is 29.1 Å². The number of rotatable bonds is 2. The first-order chi connectivity index (χ1) is 12.4.